The smallest absolute Gasteiger partial charge is 0.350 e. The predicted molar refractivity (Wildman–Crippen MR) is 114 cm³/mol. The lowest BCUT2D eigenvalue weighted by Crippen LogP contribution is -2.38. The maximum Gasteiger partial charge on any atom is 0.350 e. The van der Waals surface area contributed by atoms with Gasteiger partial charge in [-0.25, -0.2) is 9.59 Å². The summed E-state index contributed by atoms with van der Waals surface area (Å²) < 4.78 is 10.6. The summed E-state index contributed by atoms with van der Waals surface area (Å²) >= 11 is 1.21. The molecule has 30 heavy (non-hydrogen) atoms. The number of hydrogen-bond donors (Lipinski definition) is 1. The summed E-state index contributed by atoms with van der Waals surface area (Å²) in [6.45, 7) is 4.67. The molecular weight excluding hydrogens is 406 g/mol. The van der Waals surface area contributed by atoms with Crippen LogP contribution in [0.3, 0.4) is 0 Å². The van der Waals surface area contributed by atoms with E-state index >= 15 is 0 Å². The number of methoxy groups -OCH3 is 1. The van der Waals surface area contributed by atoms with Crippen molar-refractivity contribution < 1.29 is 23.9 Å². The summed E-state index contributed by atoms with van der Waals surface area (Å²) in [6.07, 6.45) is 0. The minimum absolute atomic E-state index is 0.0209. The van der Waals surface area contributed by atoms with E-state index in [0.29, 0.717) is 30.3 Å². The van der Waals surface area contributed by atoms with Crippen molar-refractivity contribution in [1.29, 1.82) is 0 Å². The predicted octanol–water partition coefficient (Wildman–Crippen LogP) is 3.50. The lowest BCUT2D eigenvalue weighted by molar-refractivity contribution is -0.128. The van der Waals surface area contributed by atoms with Crippen molar-refractivity contribution in [2.75, 3.05) is 32.6 Å². The molecular formula is C21H25N3O5S. The van der Waals surface area contributed by atoms with Crippen molar-refractivity contribution in [2.45, 2.75) is 26.4 Å². The molecule has 1 aliphatic rings. The number of rotatable bonds is 4. The van der Waals surface area contributed by atoms with E-state index in [-0.39, 0.29) is 18.0 Å². The molecule has 1 N–H and O–H groups in total. The first-order chi connectivity index (χ1) is 14.3. The van der Waals surface area contributed by atoms with Crippen molar-refractivity contribution in [3.63, 3.8) is 0 Å². The second kappa shape index (κ2) is 9.17. The van der Waals surface area contributed by atoms with E-state index < -0.39 is 5.97 Å². The Bertz CT molecular complexity index is 958. The van der Waals surface area contributed by atoms with Crippen LogP contribution >= 0.6 is 11.3 Å². The first-order valence-corrected chi connectivity index (χ1v) is 10.4. The molecule has 1 aromatic heterocycles. The number of carbonyl (C=O) groups excluding carboxylic acids is 3. The quantitative estimate of drug-likeness (QED) is 0.749. The van der Waals surface area contributed by atoms with Crippen molar-refractivity contribution >= 4 is 34.9 Å². The standard InChI is InChI=1S/C21H25N3O5S/c1-13-16-11-15(12-23(3)14(2)25)5-6-18(16)29-9-8-24(13)21(27)22-17-7-10-30-19(17)20(26)28-4/h5-7,10-11,13H,8-9,12H2,1-4H3,(H,22,27). The van der Waals surface area contributed by atoms with Gasteiger partial charge in [0.05, 0.1) is 25.4 Å². The minimum Gasteiger partial charge on any atom is -0.491 e. The zero-order chi connectivity index (χ0) is 21.8. The molecule has 0 spiro atoms. The zero-order valence-corrected chi connectivity index (χ0v) is 18.2. The van der Waals surface area contributed by atoms with Gasteiger partial charge in [0.1, 0.15) is 17.2 Å². The normalized spacial score (nSPS) is 15.5. The summed E-state index contributed by atoms with van der Waals surface area (Å²) in [7, 11) is 3.05. The number of hydrogen-bond acceptors (Lipinski definition) is 6. The topological polar surface area (TPSA) is 88.2 Å². The number of anilines is 1. The lowest BCUT2D eigenvalue weighted by Gasteiger charge is -2.27. The van der Waals surface area contributed by atoms with E-state index in [2.05, 4.69) is 5.32 Å². The monoisotopic (exact) mass is 431 g/mol. The van der Waals surface area contributed by atoms with Crippen LogP contribution < -0.4 is 10.1 Å². The molecule has 8 nitrogen and oxygen atoms in total. The molecule has 2 aromatic rings. The van der Waals surface area contributed by atoms with Crippen LogP contribution in [0.1, 0.15) is 40.7 Å². The SMILES string of the molecule is COC(=O)c1sccc1NC(=O)N1CCOc2ccc(CN(C)C(C)=O)cc2C1C. The molecule has 1 atom stereocenters. The molecule has 0 aliphatic carbocycles. The largest absolute Gasteiger partial charge is 0.491 e. The number of urea groups is 1. The molecule has 160 valence electrons. The Morgan fingerprint density at radius 1 is 1.33 bits per heavy atom. The molecule has 0 radical (unpaired) electrons. The van der Waals surface area contributed by atoms with Crippen LogP contribution in [0.25, 0.3) is 0 Å². The van der Waals surface area contributed by atoms with Gasteiger partial charge in [-0.2, -0.15) is 0 Å². The Morgan fingerprint density at radius 3 is 2.80 bits per heavy atom. The Morgan fingerprint density at radius 2 is 2.10 bits per heavy atom. The van der Waals surface area contributed by atoms with Gasteiger partial charge in [0.25, 0.3) is 0 Å². The number of amides is 3. The number of nitrogens with one attached hydrogen (secondary N) is 1. The molecule has 0 saturated heterocycles. The van der Waals surface area contributed by atoms with Gasteiger partial charge in [0, 0.05) is 26.1 Å². The second-order valence-electron chi connectivity index (χ2n) is 7.05. The van der Waals surface area contributed by atoms with Gasteiger partial charge in [-0.3, -0.25) is 4.79 Å². The molecule has 1 unspecified atom stereocenters. The first kappa shape index (κ1) is 21.6. The number of thiophene rings is 1. The fourth-order valence-corrected chi connectivity index (χ4v) is 4.04. The second-order valence-corrected chi connectivity index (χ2v) is 7.97. The van der Waals surface area contributed by atoms with Gasteiger partial charge in [0.15, 0.2) is 0 Å². The molecule has 0 fully saturated rings. The molecule has 2 heterocycles. The van der Waals surface area contributed by atoms with E-state index in [1.54, 1.807) is 28.3 Å². The Hall–Kier alpha value is -3.07. The molecule has 3 amide bonds. The number of ether oxygens (including phenoxy) is 2. The number of fused-ring (bicyclic) bond motifs is 1. The van der Waals surface area contributed by atoms with Crippen molar-refractivity contribution in [3.8, 4) is 5.75 Å². The summed E-state index contributed by atoms with van der Waals surface area (Å²) in [4.78, 5) is 40.1. The maximum absolute atomic E-state index is 13.0. The number of benzene rings is 1. The van der Waals surface area contributed by atoms with E-state index in [1.807, 2.05) is 25.1 Å². The lowest BCUT2D eigenvalue weighted by atomic mass is 10.0. The van der Waals surface area contributed by atoms with Gasteiger partial charge in [0.2, 0.25) is 5.91 Å². The van der Waals surface area contributed by atoms with Crippen LogP contribution in [-0.4, -0.2) is 55.0 Å². The van der Waals surface area contributed by atoms with Crippen LogP contribution in [0.2, 0.25) is 0 Å². The Balaban J connectivity index is 1.81. The van der Waals surface area contributed by atoms with Crippen LogP contribution in [0.15, 0.2) is 29.6 Å². The average molecular weight is 432 g/mol. The molecule has 1 aliphatic heterocycles. The van der Waals surface area contributed by atoms with Gasteiger partial charge in [-0.15, -0.1) is 11.3 Å². The maximum atomic E-state index is 13.0. The average Bonchev–Trinajstić information content (AvgIpc) is 3.11. The molecule has 1 aromatic carbocycles. The fraction of sp³-hybridized carbons (Fsp3) is 0.381. The van der Waals surface area contributed by atoms with Gasteiger partial charge >= 0.3 is 12.0 Å². The number of nitrogens with zero attached hydrogens (tertiary/aromatic N) is 2. The van der Waals surface area contributed by atoms with Crippen molar-refractivity contribution in [3.05, 3.63) is 45.6 Å². The third-order valence-corrected chi connectivity index (χ3v) is 5.97. The highest BCUT2D eigenvalue weighted by molar-refractivity contribution is 7.12. The van der Waals surface area contributed by atoms with Crippen LogP contribution in [0.4, 0.5) is 10.5 Å². The van der Waals surface area contributed by atoms with Crippen molar-refractivity contribution in [2.24, 2.45) is 0 Å². The molecule has 0 bridgehead atoms. The molecule has 0 saturated carbocycles. The Labute approximate surface area is 179 Å². The highest BCUT2D eigenvalue weighted by atomic mass is 32.1. The van der Waals surface area contributed by atoms with Crippen LogP contribution in [-0.2, 0) is 16.1 Å². The van der Waals surface area contributed by atoms with Gasteiger partial charge in [-0.1, -0.05) is 6.07 Å². The van der Waals surface area contributed by atoms with E-state index in [0.717, 1.165) is 16.9 Å². The highest BCUT2D eigenvalue weighted by Gasteiger charge is 2.28. The summed E-state index contributed by atoms with van der Waals surface area (Å²) in [5.41, 5.74) is 2.25. The van der Waals surface area contributed by atoms with Crippen LogP contribution in [0, 0.1) is 0 Å². The molecule has 9 heteroatoms. The summed E-state index contributed by atoms with van der Waals surface area (Å²) in [5.74, 6) is 0.211. The van der Waals surface area contributed by atoms with E-state index in [1.165, 1.54) is 25.4 Å². The summed E-state index contributed by atoms with van der Waals surface area (Å²) in [5, 5.41) is 4.54. The first-order valence-electron chi connectivity index (χ1n) is 9.52. The molecule has 3 rings (SSSR count). The third-order valence-electron chi connectivity index (χ3n) is 5.08. The minimum atomic E-state index is -0.489. The highest BCUT2D eigenvalue weighted by Crippen LogP contribution is 2.34. The number of esters is 1. The van der Waals surface area contributed by atoms with Crippen molar-refractivity contribution in [1.82, 2.24) is 9.80 Å². The van der Waals surface area contributed by atoms with Crippen LogP contribution in [0.5, 0.6) is 5.75 Å². The van der Waals surface area contributed by atoms with E-state index in [9.17, 15) is 14.4 Å². The van der Waals surface area contributed by atoms with Gasteiger partial charge in [-0.05, 0) is 36.1 Å². The third kappa shape index (κ3) is 4.56. The Kier molecular flexibility index (Phi) is 6.61. The number of carbonyl (C=O) groups is 3. The summed E-state index contributed by atoms with van der Waals surface area (Å²) in [6, 6.07) is 6.87. The zero-order valence-electron chi connectivity index (χ0n) is 17.4. The van der Waals surface area contributed by atoms with E-state index in [4.69, 9.17) is 9.47 Å². The fourth-order valence-electron chi connectivity index (χ4n) is 3.28. The van der Waals surface area contributed by atoms with Gasteiger partial charge < -0.3 is 24.6 Å².